The Bertz CT molecular complexity index is 503. The van der Waals surface area contributed by atoms with E-state index in [4.69, 9.17) is 11.6 Å². The van der Waals surface area contributed by atoms with Crippen LogP contribution in [-0.4, -0.2) is 9.55 Å². The Morgan fingerprint density at radius 2 is 2.47 bits per heavy atom. The Morgan fingerprint density at radius 1 is 1.65 bits per heavy atom. The standard InChI is InChI=1S/C12H14ClN3S/c1-3-7-16-8-6-14-12(16)15-9(2)10-4-5-11(13)17-10/h3-6,8-9H,1,7H2,2H3,(H,14,15). The van der Waals surface area contributed by atoms with Crippen LogP contribution in [0, 0.1) is 0 Å². The molecule has 0 amide bonds. The van der Waals surface area contributed by atoms with Crippen molar-refractivity contribution in [3.05, 3.63) is 46.4 Å². The predicted octanol–water partition coefficient (Wildman–Crippen LogP) is 3.96. The van der Waals surface area contributed by atoms with Gasteiger partial charge in [0, 0.05) is 23.8 Å². The molecule has 5 heteroatoms. The van der Waals surface area contributed by atoms with E-state index in [-0.39, 0.29) is 6.04 Å². The molecule has 1 atom stereocenters. The van der Waals surface area contributed by atoms with Crippen molar-refractivity contribution < 1.29 is 0 Å². The molecule has 0 bridgehead atoms. The number of aromatic nitrogens is 2. The topological polar surface area (TPSA) is 29.9 Å². The lowest BCUT2D eigenvalue weighted by molar-refractivity contribution is 0.790. The van der Waals surface area contributed by atoms with Gasteiger partial charge in [0.25, 0.3) is 0 Å². The first-order valence-electron chi connectivity index (χ1n) is 5.34. The highest BCUT2D eigenvalue weighted by Gasteiger charge is 2.10. The number of hydrogen-bond acceptors (Lipinski definition) is 3. The molecule has 2 aromatic heterocycles. The summed E-state index contributed by atoms with van der Waals surface area (Å²) in [4.78, 5) is 5.48. The van der Waals surface area contributed by atoms with Crippen LogP contribution in [0.2, 0.25) is 4.34 Å². The van der Waals surface area contributed by atoms with Crippen LogP contribution in [0.25, 0.3) is 0 Å². The van der Waals surface area contributed by atoms with E-state index in [0.717, 1.165) is 16.8 Å². The lowest BCUT2D eigenvalue weighted by Crippen LogP contribution is -2.10. The second-order valence-corrected chi connectivity index (χ2v) is 5.45. The quantitative estimate of drug-likeness (QED) is 0.831. The fraction of sp³-hybridized carbons (Fsp3) is 0.250. The normalized spacial score (nSPS) is 12.4. The van der Waals surface area contributed by atoms with Crippen molar-refractivity contribution in [2.75, 3.05) is 5.32 Å². The molecule has 2 heterocycles. The van der Waals surface area contributed by atoms with E-state index >= 15 is 0 Å². The molecule has 90 valence electrons. The van der Waals surface area contributed by atoms with Gasteiger partial charge in [0.1, 0.15) is 0 Å². The minimum atomic E-state index is 0.193. The average molecular weight is 268 g/mol. The molecule has 0 saturated heterocycles. The van der Waals surface area contributed by atoms with E-state index in [0.29, 0.717) is 0 Å². The summed E-state index contributed by atoms with van der Waals surface area (Å²) in [6.45, 7) is 6.57. The lowest BCUT2D eigenvalue weighted by atomic mass is 10.3. The van der Waals surface area contributed by atoms with E-state index in [9.17, 15) is 0 Å². The van der Waals surface area contributed by atoms with Crippen LogP contribution in [0.5, 0.6) is 0 Å². The highest BCUT2D eigenvalue weighted by atomic mass is 35.5. The first-order valence-corrected chi connectivity index (χ1v) is 6.54. The summed E-state index contributed by atoms with van der Waals surface area (Å²) < 4.78 is 2.82. The molecule has 17 heavy (non-hydrogen) atoms. The Hall–Kier alpha value is -1.26. The Balaban J connectivity index is 2.09. The van der Waals surface area contributed by atoms with Crippen LogP contribution in [0.4, 0.5) is 5.95 Å². The number of imidazole rings is 1. The van der Waals surface area contributed by atoms with Gasteiger partial charge in [0.05, 0.1) is 10.4 Å². The third-order valence-corrected chi connectivity index (χ3v) is 3.82. The Morgan fingerprint density at radius 3 is 3.12 bits per heavy atom. The first kappa shape index (κ1) is 12.2. The molecule has 1 unspecified atom stereocenters. The van der Waals surface area contributed by atoms with Gasteiger partial charge in [-0.15, -0.1) is 17.9 Å². The maximum absolute atomic E-state index is 5.92. The van der Waals surface area contributed by atoms with Gasteiger partial charge in [-0.25, -0.2) is 4.98 Å². The van der Waals surface area contributed by atoms with E-state index in [1.54, 1.807) is 17.5 Å². The van der Waals surface area contributed by atoms with Crippen molar-refractivity contribution in [1.82, 2.24) is 9.55 Å². The molecule has 2 rings (SSSR count). The molecule has 0 aliphatic rings. The molecule has 0 aliphatic carbocycles. The number of anilines is 1. The number of rotatable bonds is 5. The van der Waals surface area contributed by atoms with E-state index < -0.39 is 0 Å². The summed E-state index contributed by atoms with van der Waals surface area (Å²) in [6.07, 6.45) is 5.55. The van der Waals surface area contributed by atoms with Gasteiger partial charge in [0.15, 0.2) is 0 Å². The summed E-state index contributed by atoms with van der Waals surface area (Å²) in [6, 6.07) is 4.14. The summed E-state index contributed by atoms with van der Waals surface area (Å²) in [5.41, 5.74) is 0. The van der Waals surface area contributed by atoms with E-state index in [2.05, 4.69) is 23.8 Å². The van der Waals surface area contributed by atoms with Gasteiger partial charge in [-0.1, -0.05) is 17.7 Å². The fourth-order valence-corrected chi connectivity index (χ4v) is 2.62. The summed E-state index contributed by atoms with van der Waals surface area (Å²) >= 11 is 7.51. The molecule has 0 aromatic carbocycles. The molecular weight excluding hydrogens is 254 g/mol. The molecule has 3 nitrogen and oxygen atoms in total. The highest BCUT2D eigenvalue weighted by Crippen LogP contribution is 2.28. The largest absolute Gasteiger partial charge is 0.348 e. The zero-order valence-corrected chi connectivity index (χ0v) is 11.1. The van der Waals surface area contributed by atoms with Gasteiger partial charge in [-0.05, 0) is 19.1 Å². The summed E-state index contributed by atoms with van der Waals surface area (Å²) in [5.74, 6) is 0.849. The monoisotopic (exact) mass is 267 g/mol. The van der Waals surface area contributed by atoms with Crippen molar-refractivity contribution >= 4 is 28.9 Å². The molecule has 0 saturated carbocycles. The van der Waals surface area contributed by atoms with Crippen LogP contribution in [0.3, 0.4) is 0 Å². The van der Waals surface area contributed by atoms with Gasteiger partial charge in [-0.3, -0.25) is 0 Å². The number of nitrogens with zero attached hydrogens (tertiary/aromatic N) is 2. The number of hydrogen-bond donors (Lipinski definition) is 1. The van der Waals surface area contributed by atoms with Gasteiger partial charge < -0.3 is 9.88 Å². The third-order valence-electron chi connectivity index (χ3n) is 2.41. The maximum Gasteiger partial charge on any atom is 0.203 e. The zero-order valence-electron chi connectivity index (χ0n) is 9.56. The number of thiophene rings is 1. The number of halogens is 1. The number of nitrogens with one attached hydrogen (secondary N) is 1. The van der Waals surface area contributed by atoms with E-state index in [1.807, 2.05) is 29.0 Å². The Labute approximate surface area is 110 Å². The number of allylic oxidation sites excluding steroid dienone is 1. The minimum Gasteiger partial charge on any atom is -0.348 e. The van der Waals surface area contributed by atoms with Crippen molar-refractivity contribution in [3.63, 3.8) is 0 Å². The van der Waals surface area contributed by atoms with E-state index in [1.165, 1.54) is 4.88 Å². The summed E-state index contributed by atoms with van der Waals surface area (Å²) in [7, 11) is 0. The highest BCUT2D eigenvalue weighted by molar-refractivity contribution is 7.16. The molecule has 0 radical (unpaired) electrons. The smallest absolute Gasteiger partial charge is 0.203 e. The van der Waals surface area contributed by atoms with Gasteiger partial charge in [0.2, 0.25) is 5.95 Å². The van der Waals surface area contributed by atoms with Crippen molar-refractivity contribution in [2.24, 2.45) is 0 Å². The van der Waals surface area contributed by atoms with Crippen molar-refractivity contribution in [3.8, 4) is 0 Å². The van der Waals surface area contributed by atoms with Crippen LogP contribution < -0.4 is 5.32 Å². The zero-order chi connectivity index (χ0) is 12.3. The SMILES string of the molecule is C=CCn1ccnc1NC(C)c1ccc(Cl)s1. The van der Waals surface area contributed by atoms with Crippen LogP contribution in [0.1, 0.15) is 17.8 Å². The van der Waals surface area contributed by atoms with Crippen LogP contribution >= 0.6 is 22.9 Å². The third kappa shape index (κ3) is 2.90. The predicted molar refractivity (Wildman–Crippen MR) is 73.8 cm³/mol. The van der Waals surface area contributed by atoms with Crippen LogP contribution in [0.15, 0.2) is 37.2 Å². The first-order chi connectivity index (χ1) is 8.20. The fourth-order valence-electron chi connectivity index (χ4n) is 1.56. The second-order valence-electron chi connectivity index (χ2n) is 3.70. The average Bonchev–Trinajstić information content (AvgIpc) is 2.89. The Kier molecular flexibility index (Phi) is 3.86. The second kappa shape index (κ2) is 5.38. The van der Waals surface area contributed by atoms with Gasteiger partial charge >= 0.3 is 0 Å². The van der Waals surface area contributed by atoms with Crippen LogP contribution in [-0.2, 0) is 6.54 Å². The molecule has 0 fully saturated rings. The van der Waals surface area contributed by atoms with Gasteiger partial charge in [-0.2, -0.15) is 0 Å². The molecule has 1 N–H and O–H groups in total. The maximum atomic E-state index is 5.92. The van der Waals surface area contributed by atoms with Crippen molar-refractivity contribution in [2.45, 2.75) is 19.5 Å². The molecular formula is C12H14ClN3S. The minimum absolute atomic E-state index is 0.193. The summed E-state index contributed by atoms with van der Waals surface area (Å²) in [5, 5.41) is 3.36. The molecule has 0 aliphatic heterocycles. The molecule has 0 spiro atoms. The lowest BCUT2D eigenvalue weighted by Gasteiger charge is -2.13. The van der Waals surface area contributed by atoms with Crippen molar-refractivity contribution in [1.29, 1.82) is 0 Å². The molecule has 2 aromatic rings.